The molecule has 2 aromatic carbocycles. The molecule has 0 radical (unpaired) electrons. The Morgan fingerprint density at radius 3 is 2.05 bits per heavy atom. The molecular formula is C14H13N2NaO2. The van der Waals surface area contributed by atoms with Gasteiger partial charge in [-0.2, -0.15) is 0 Å². The molecule has 0 aliphatic rings. The molecule has 0 amide bonds. The first-order chi connectivity index (χ1) is 8.61. The fourth-order valence-corrected chi connectivity index (χ4v) is 1.62. The first kappa shape index (κ1) is 15.4. The Morgan fingerprint density at radius 2 is 1.42 bits per heavy atom. The van der Waals surface area contributed by atoms with Crippen LogP contribution in [0.15, 0.2) is 48.5 Å². The number of hydrogen-bond donors (Lipinski definition) is 2. The van der Waals surface area contributed by atoms with Crippen molar-refractivity contribution in [1.82, 2.24) is 0 Å². The standard InChI is InChI=1S/C14H12N2O2.Na.H/c15-11-8-4-7-10(12(11)16)14(18)13(17)9-5-2-1-3-6-9;;/h1-8H,15-16H2;;. The fourth-order valence-electron chi connectivity index (χ4n) is 1.62. The molecule has 0 saturated heterocycles. The van der Waals surface area contributed by atoms with Crippen molar-refractivity contribution in [2.45, 2.75) is 0 Å². The van der Waals surface area contributed by atoms with Crippen molar-refractivity contribution in [3.63, 3.8) is 0 Å². The Bertz CT molecular complexity index is 612. The van der Waals surface area contributed by atoms with E-state index in [1.807, 2.05) is 0 Å². The number of nitrogen functional groups attached to an aromatic ring is 2. The second-order valence-corrected chi connectivity index (χ2v) is 3.83. The van der Waals surface area contributed by atoms with Gasteiger partial charge in [0.05, 0.1) is 16.9 Å². The molecule has 92 valence electrons. The molecule has 0 aliphatic carbocycles. The number of para-hydroxylation sites is 1. The van der Waals surface area contributed by atoms with E-state index in [1.54, 1.807) is 42.5 Å². The quantitative estimate of drug-likeness (QED) is 0.378. The number of benzene rings is 2. The molecule has 5 heteroatoms. The zero-order valence-corrected chi connectivity index (χ0v) is 9.59. The SMILES string of the molecule is Nc1cccc(C(=O)C(=O)c2ccccc2)c1N.[NaH]. The summed E-state index contributed by atoms with van der Waals surface area (Å²) in [5.74, 6) is -1.24. The molecule has 2 rings (SSSR count). The van der Waals surface area contributed by atoms with Crippen LogP contribution < -0.4 is 11.5 Å². The molecule has 0 aromatic heterocycles. The Kier molecular flexibility index (Phi) is 5.30. The zero-order valence-electron chi connectivity index (χ0n) is 9.59. The van der Waals surface area contributed by atoms with Gasteiger partial charge in [0.25, 0.3) is 0 Å². The number of Topliss-reactive ketones (excluding diaryl/α,β-unsaturated/α-hetero) is 2. The molecule has 0 spiro atoms. The van der Waals surface area contributed by atoms with Gasteiger partial charge in [-0.25, -0.2) is 0 Å². The van der Waals surface area contributed by atoms with Gasteiger partial charge in [-0.15, -0.1) is 0 Å². The summed E-state index contributed by atoms with van der Waals surface area (Å²) in [4.78, 5) is 24.0. The van der Waals surface area contributed by atoms with Crippen LogP contribution in [0.3, 0.4) is 0 Å². The van der Waals surface area contributed by atoms with Crippen LogP contribution in [-0.4, -0.2) is 41.1 Å². The molecule has 4 N–H and O–H groups in total. The normalized spacial score (nSPS) is 9.47. The molecule has 2 aromatic rings. The van der Waals surface area contributed by atoms with Crippen molar-refractivity contribution in [2.75, 3.05) is 11.5 Å². The van der Waals surface area contributed by atoms with E-state index in [2.05, 4.69) is 0 Å². The van der Waals surface area contributed by atoms with Crippen LogP contribution in [0.1, 0.15) is 20.7 Å². The summed E-state index contributed by atoms with van der Waals surface area (Å²) in [5, 5.41) is 0. The van der Waals surface area contributed by atoms with Crippen molar-refractivity contribution in [3.05, 3.63) is 59.7 Å². The van der Waals surface area contributed by atoms with Crippen LogP contribution in [0.5, 0.6) is 0 Å². The maximum absolute atomic E-state index is 12.0. The summed E-state index contributed by atoms with van der Waals surface area (Å²) in [6.45, 7) is 0. The molecule has 4 nitrogen and oxygen atoms in total. The van der Waals surface area contributed by atoms with E-state index >= 15 is 0 Å². The number of carbonyl (C=O) groups is 2. The van der Waals surface area contributed by atoms with E-state index < -0.39 is 11.6 Å². The summed E-state index contributed by atoms with van der Waals surface area (Å²) < 4.78 is 0. The number of hydrogen-bond acceptors (Lipinski definition) is 4. The van der Waals surface area contributed by atoms with E-state index in [4.69, 9.17) is 11.5 Å². The first-order valence-electron chi connectivity index (χ1n) is 5.39. The second-order valence-electron chi connectivity index (χ2n) is 3.83. The molecule has 0 aliphatic heterocycles. The Morgan fingerprint density at radius 1 is 0.789 bits per heavy atom. The molecule has 0 bridgehead atoms. The van der Waals surface area contributed by atoms with Gasteiger partial charge in [-0.1, -0.05) is 36.4 Å². The number of nitrogens with two attached hydrogens (primary N) is 2. The molecule has 0 atom stereocenters. The predicted molar refractivity (Wildman–Crippen MR) is 77.5 cm³/mol. The Balaban J connectivity index is 0.00000180. The van der Waals surface area contributed by atoms with Gasteiger partial charge in [0.15, 0.2) is 0 Å². The molecule has 19 heavy (non-hydrogen) atoms. The number of ketones is 2. The molecule has 0 unspecified atom stereocenters. The van der Waals surface area contributed by atoms with Gasteiger partial charge in [-0.3, -0.25) is 9.59 Å². The van der Waals surface area contributed by atoms with Crippen molar-refractivity contribution >= 4 is 52.5 Å². The molecule has 0 heterocycles. The van der Waals surface area contributed by atoms with Gasteiger partial charge in [0.2, 0.25) is 11.6 Å². The van der Waals surface area contributed by atoms with E-state index in [-0.39, 0.29) is 40.8 Å². The maximum atomic E-state index is 12.0. The topological polar surface area (TPSA) is 86.2 Å². The van der Waals surface area contributed by atoms with Crippen molar-refractivity contribution in [1.29, 1.82) is 0 Å². The van der Waals surface area contributed by atoms with Crippen LogP contribution in [0.25, 0.3) is 0 Å². The van der Waals surface area contributed by atoms with Gasteiger partial charge in [0.1, 0.15) is 0 Å². The molecule has 0 fully saturated rings. The van der Waals surface area contributed by atoms with Crippen LogP contribution in [0, 0.1) is 0 Å². The first-order valence-corrected chi connectivity index (χ1v) is 5.39. The van der Waals surface area contributed by atoms with Crippen molar-refractivity contribution < 1.29 is 9.59 Å². The van der Waals surface area contributed by atoms with Crippen molar-refractivity contribution in [3.8, 4) is 0 Å². The number of carbonyl (C=O) groups excluding carboxylic acids is 2. The third-order valence-electron chi connectivity index (χ3n) is 2.63. The predicted octanol–water partition coefficient (Wildman–Crippen LogP) is 1.27. The van der Waals surface area contributed by atoms with Crippen LogP contribution in [0.2, 0.25) is 0 Å². The van der Waals surface area contributed by atoms with Crippen LogP contribution in [0.4, 0.5) is 11.4 Å². The second kappa shape index (κ2) is 6.52. The molecular weight excluding hydrogens is 251 g/mol. The van der Waals surface area contributed by atoms with Crippen LogP contribution >= 0.6 is 0 Å². The summed E-state index contributed by atoms with van der Waals surface area (Å²) in [7, 11) is 0. The minimum absolute atomic E-state index is 0. The third-order valence-corrected chi connectivity index (χ3v) is 2.63. The van der Waals surface area contributed by atoms with Gasteiger partial charge in [0, 0.05) is 5.56 Å². The van der Waals surface area contributed by atoms with Gasteiger partial charge >= 0.3 is 29.6 Å². The van der Waals surface area contributed by atoms with Crippen molar-refractivity contribution in [2.24, 2.45) is 0 Å². The van der Waals surface area contributed by atoms with E-state index in [0.29, 0.717) is 11.3 Å². The Hall–Kier alpha value is -1.62. The average Bonchev–Trinajstić information content (AvgIpc) is 2.41. The average molecular weight is 264 g/mol. The summed E-state index contributed by atoms with van der Waals surface area (Å²) in [5.41, 5.74) is 12.2. The van der Waals surface area contributed by atoms with Crippen LogP contribution in [-0.2, 0) is 0 Å². The number of anilines is 2. The van der Waals surface area contributed by atoms with E-state index in [1.165, 1.54) is 6.07 Å². The summed E-state index contributed by atoms with van der Waals surface area (Å²) >= 11 is 0. The molecule has 0 saturated carbocycles. The van der Waals surface area contributed by atoms with E-state index in [9.17, 15) is 9.59 Å². The zero-order chi connectivity index (χ0) is 13.1. The van der Waals surface area contributed by atoms with E-state index in [0.717, 1.165) is 0 Å². The van der Waals surface area contributed by atoms with Gasteiger partial charge in [-0.05, 0) is 12.1 Å². The fraction of sp³-hybridized carbons (Fsp3) is 0. The monoisotopic (exact) mass is 264 g/mol. The number of rotatable bonds is 3. The minimum atomic E-state index is -0.647. The summed E-state index contributed by atoms with van der Waals surface area (Å²) in [6.07, 6.45) is 0. The Labute approximate surface area is 133 Å². The van der Waals surface area contributed by atoms with Gasteiger partial charge < -0.3 is 11.5 Å². The summed E-state index contributed by atoms with van der Waals surface area (Å²) in [6, 6.07) is 13.0. The third kappa shape index (κ3) is 3.23.